The Morgan fingerprint density at radius 1 is 1.21 bits per heavy atom. The predicted molar refractivity (Wildman–Crippen MR) is 98.2 cm³/mol. The molecular weight excluding hydrogens is 320 g/mol. The summed E-state index contributed by atoms with van der Waals surface area (Å²) in [6.45, 7) is 6.80. The van der Waals surface area contributed by atoms with E-state index in [0.717, 1.165) is 5.56 Å². The van der Waals surface area contributed by atoms with E-state index in [2.05, 4.69) is 54.3 Å². The van der Waals surface area contributed by atoms with Crippen LogP contribution >= 0.6 is 11.8 Å². The highest BCUT2D eigenvalue weighted by atomic mass is 32.2. The Kier molecular flexibility index (Phi) is 5.81. The van der Waals surface area contributed by atoms with Gasteiger partial charge in [-0.3, -0.25) is 0 Å². The molecule has 0 unspecified atom stereocenters. The normalized spacial score (nSPS) is 11.2. The molecule has 0 bridgehead atoms. The van der Waals surface area contributed by atoms with Crippen molar-refractivity contribution in [1.29, 1.82) is 5.26 Å². The molecule has 0 radical (unpaired) electrons. The molecule has 0 saturated heterocycles. The van der Waals surface area contributed by atoms with Crippen molar-refractivity contribution in [2.24, 2.45) is 0 Å². The van der Waals surface area contributed by atoms with Gasteiger partial charge in [-0.05, 0) is 17.2 Å². The fourth-order valence-electron chi connectivity index (χ4n) is 2.28. The zero-order valence-electron chi connectivity index (χ0n) is 14.4. The summed E-state index contributed by atoms with van der Waals surface area (Å²) in [5, 5.41) is 22.2. The Bertz CT molecular complexity index is 745. The maximum Gasteiger partial charge on any atom is 0.189 e. The van der Waals surface area contributed by atoms with Crippen LogP contribution in [0.5, 0.6) is 0 Å². The summed E-state index contributed by atoms with van der Waals surface area (Å²) in [6, 6.07) is 10.3. The highest BCUT2D eigenvalue weighted by molar-refractivity contribution is 7.98. The van der Waals surface area contributed by atoms with Gasteiger partial charge in [0.1, 0.15) is 17.5 Å². The first kappa shape index (κ1) is 18.2. The summed E-state index contributed by atoms with van der Waals surface area (Å²) in [6.07, 6.45) is 1.89. The van der Waals surface area contributed by atoms with E-state index in [-0.39, 0.29) is 12.0 Å². The number of nitrogens with one attached hydrogen (secondary N) is 1. The lowest BCUT2D eigenvalue weighted by Crippen LogP contribution is -2.11. The fraction of sp³-hybridized carbons (Fsp3) is 0.389. The smallest absolute Gasteiger partial charge is 0.189 e. The number of hydrogen-bond acceptors (Lipinski definition) is 6. The number of nitriles is 1. The largest absolute Gasteiger partial charge is 0.395 e. The predicted octanol–water partition coefficient (Wildman–Crippen LogP) is 3.44. The van der Waals surface area contributed by atoms with Crippen molar-refractivity contribution >= 4 is 17.6 Å². The van der Waals surface area contributed by atoms with Gasteiger partial charge in [0.15, 0.2) is 5.16 Å². The molecular formula is C18H22N4OS. The molecule has 2 aromatic rings. The molecule has 126 valence electrons. The number of aliphatic hydroxyl groups is 1. The zero-order valence-corrected chi connectivity index (χ0v) is 15.2. The van der Waals surface area contributed by atoms with Crippen LogP contribution in [0, 0.1) is 11.3 Å². The van der Waals surface area contributed by atoms with Gasteiger partial charge < -0.3 is 10.4 Å². The Hall–Kier alpha value is -2.10. The topological polar surface area (TPSA) is 81.8 Å². The minimum atomic E-state index is -0.0287. The molecule has 0 atom stereocenters. The third-order valence-electron chi connectivity index (χ3n) is 3.61. The van der Waals surface area contributed by atoms with Gasteiger partial charge in [-0.15, -0.1) is 0 Å². The van der Waals surface area contributed by atoms with Crippen molar-refractivity contribution < 1.29 is 5.11 Å². The molecule has 0 fully saturated rings. The zero-order chi connectivity index (χ0) is 17.7. The summed E-state index contributed by atoms with van der Waals surface area (Å²) in [5.74, 6) is 0.459. The van der Waals surface area contributed by atoms with E-state index in [4.69, 9.17) is 5.11 Å². The molecule has 0 saturated carbocycles. The Morgan fingerprint density at radius 3 is 2.38 bits per heavy atom. The number of nitrogens with zero attached hydrogens (tertiary/aromatic N) is 3. The molecule has 1 aromatic heterocycles. The van der Waals surface area contributed by atoms with Crippen molar-refractivity contribution in [1.82, 2.24) is 9.97 Å². The number of aromatic nitrogens is 2. The Labute approximate surface area is 147 Å². The standard InChI is InChI=1S/C18H22N4OS/c1-18(2,3)13-7-5-12(6-8-13)15-14(11-19)16(20-9-10-23)22-17(21-15)24-4/h5-8,23H,9-10H2,1-4H3,(H,20,21,22). The van der Waals surface area contributed by atoms with Gasteiger partial charge in [0.05, 0.1) is 12.3 Å². The fourth-order valence-corrected chi connectivity index (χ4v) is 2.64. The summed E-state index contributed by atoms with van der Waals surface area (Å²) in [7, 11) is 0. The molecule has 2 rings (SSSR count). The number of anilines is 1. The van der Waals surface area contributed by atoms with Gasteiger partial charge in [-0.2, -0.15) is 5.26 Å². The van der Waals surface area contributed by atoms with E-state index in [9.17, 15) is 5.26 Å². The van der Waals surface area contributed by atoms with Crippen molar-refractivity contribution in [2.45, 2.75) is 31.3 Å². The molecule has 5 nitrogen and oxygen atoms in total. The monoisotopic (exact) mass is 342 g/mol. The molecule has 0 amide bonds. The first-order chi connectivity index (χ1) is 11.4. The van der Waals surface area contributed by atoms with Gasteiger partial charge in [-0.1, -0.05) is 56.8 Å². The van der Waals surface area contributed by atoms with E-state index in [1.807, 2.05) is 18.4 Å². The first-order valence-corrected chi connectivity index (χ1v) is 8.95. The van der Waals surface area contributed by atoms with Crippen LogP contribution in [0.3, 0.4) is 0 Å². The highest BCUT2D eigenvalue weighted by Crippen LogP contribution is 2.30. The van der Waals surface area contributed by atoms with Crippen LogP contribution in [-0.2, 0) is 5.41 Å². The van der Waals surface area contributed by atoms with Crippen molar-refractivity contribution in [3.8, 4) is 17.3 Å². The summed E-state index contributed by atoms with van der Waals surface area (Å²) in [5.41, 5.74) is 3.18. The number of rotatable bonds is 5. The van der Waals surface area contributed by atoms with Crippen molar-refractivity contribution in [3.05, 3.63) is 35.4 Å². The van der Waals surface area contributed by atoms with E-state index in [0.29, 0.717) is 28.8 Å². The third-order valence-corrected chi connectivity index (χ3v) is 4.16. The Balaban J connectivity index is 2.54. The summed E-state index contributed by atoms with van der Waals surface area (Å²) in [4.78, 5) is 8.87. The molecule has 0 aliphatic heterocycles. The minimum absolute atomic E-state index is 0.0287. The molecule has 2 N–H and O–H groups in total. The molecule has 6 heteroatoms. The second kappa shape index (κ2) is 7.65. The average molecular weight is 342 g/mol. The van der Waals surface area contributed by atoms with Crippen LogP contribution in [0.2, 0.25) is 0 Å². The number of benzene rings is 1. The lowest BCUT2D eigenvalue weighted by atomic mass is 9.86. The van der Waals surface area contributed by atoms with Gasteiger partial charge in [0, 0.05) is 12.1 Å². The second-order valence-corrected chi connectivity index (χ2v) is 7.15. The van der Waals surface area contributed by atoms with Crippen LogP contribution in [0.15, 0.2) is 29.4 Å². The molecule has 0 spiro atoms. The third kappa shape index (κ3) is 4.05. The maximum atomic E-state index is 9.57. The first-order valence-electron chi connectivity index (χ1n) is 7.72. The summed E-state index contributed by atoms with van der Waals surface area (Å²) >= 11 is 1.42. The molecule has 24 heavy (non-hydrogen) atoms. The number of aliphatic hydroxyl groups excluding tert-OH is 1. The molecule has 0 aliphatic carbocycles. The van der Waals surface area contributed by atoms with Crippen LogP contribution in [-0.4, -0.2) is 34.5 Å². The van der Waals surface area contributed by atoms with Crippen molar-refractivity contribution in [2.75, 3.05) is 24.7 Å². The van der Waals surface area contributed by atoms with Crippen LogP contribution in [0.1, 0.15) is 31.9 Å². The molecule has 0 aliphatic rings. The van der Waals surface area contributed by atoms with Gasteiger partial charge in [-0.25, -0.2) is 9.97 Å². The van der Waals surface area contributed by atoms with Crippen LogP contribution < -0.4 is 5.32 Å². The SMILES string of the molecule is CSc1nc(NCCO)c(C#N)c(-c2ccc(C(C)(C)C)cc2)n1. The van der Waals surface area contributed by atoms with Gasteiger partial charge in [0.25, 0.3) is 0 Å². The summed E-state index contributed by atoms with van der Waals surface area (Å²) < 4.78 is 0. The number of hydrogen-bond donors (Lipinski definition) is 2. The quantitative estimate of drug-likeness (QED) is 0.640. The van der Waals surface area contributed by atoms with Crippen LogP contribution in [0.25, 0.3) is 11.3 Å². The molecule has 1 aromatic carbocycles. The average Bonchev–Trinajstić information content (AvgIpc) is 2.58. The van der Waals surface area contributed by atoms with E-state index in [1.54, 1.807) is 0 Å². The molecule has 1 heterocycles. The number of thioether (sulfide) groups is 1. The van der Waals surface area contributed by atoms with Gasteiger partial charge >= 0.3 is 0 Å². The van der Waals surface area contributed by atoms with E-state index < -0.39 is 0 Å². The highest BCUT2D eigenvalue weighted by Gasteiger charge is 2.17. The second-order valence-electron chi connectivity index (χ2n) is 6.37. The van der Waals surface area contributed by atoms with E-state index >= 15 is 0 Å². The maximum absolute atomic E-state index is 9.57. The minimum Gasteiger partial charge on any atom is -0.395 e. The van der Waals surface area contributed by atoms with Crippen molar-refractivity contribution in [3.63, 3.8) is 0 Å². The lowest BCUT2D eigenvalue weighted by Gasteiger charge is -2.19. The van der Waals surface area contributed by atoms with Crippen LogP contribution in [0.4, 0.5) is 5.82 Å². The lowest BCUT2D eigenvalue weighted by molar-refractivity contribution is 0.311. The Morgan fingerprint density at radius 2 is 1.88 bits per heavy atom. The van der Waals surface area contributed by atoms with Gasteiger partial charge in [0.2, 0.25) is 0 Å². The van der Waals surface area contributed by atoms with E-state index in [1.165, 1.54) is 17.3 Å².